The Morgan fingerprint density at radius 3 is 2.76 bits per heavy atom. The number of primary amides is 1. The van der Waals surface area contributed by atoms with Gasteiger partial charge in [-0.05, 0) is 24.6 Å². The summed E-state index contributed by atoms with van der Waals surface area (Å²) < 4.78 is 6.45. The highest BCUT2D eigenvalue weighted by molar-refractivity contribution is 6.31. The Morgan fingerprint density at radius 1 is 1.38 bits per heavy atom. The third-order valence-electron chi connectivity index (χ3n) is 2.81. The Kier molecular flexibility index (Phi) is 4.59. The second kappa shape index (κ2) is 6.41. The zero-order chi connectivity index (χ0) is 15.4. The number of amides is 1. The van der Waals surface area contributed by atoms with Crippen molar-refractivity contribution in [2.45, 2.75) is 13.5 Å². The van der Waals surface area contributed by atoms with Gasteiger partial charge >= 0.3 is 5.97 Å². The van der Waals surface area contributed by atoms with E-state index in [1.165, 1.54) is 12.3 Å². The van der Waals surface area contributed by atoms with Gasteiger partial charge in [0.1, 0.15) is 0 Å². The van der Waals surface area contributed by atoms with Crippen LogP contribution in [0.15, 0.2) is 30.6 Å². The van der Waals surface area contributed by atoms with Crippen molar-refractivity contribution in [2.75, 3.05) is 6.61 Å². The molecular formula is C14H14ClN3O3. The molecule has 2 aromatic rings. The molecule has 6 nitrogen and oxygen atoms in total. The van der Waals surface area contributed by atoms with Crippen LogP contribution in [-0.4, -0.2) is 28.3 Å². The van der Waals surface area contributed by atoms with E-state index in [9.17, 15) is 9.59 Å². The summed E-state index contributed by atoms with van der Waals surface area (Å²) in [5.41, 5.74) is 6.67. The molecule has 1 amide bonds. The molecule has 0 aliphatic heterocycles. The first-order valence-electron chi connectivity index (χ1n) is 6.29. The maximum absolute atomic E-state index is 11.5. The summed E-state index contributed by atoms with van der Waals surface area (Å²) in [5, 5.41) is 4.50. The number of halogens is 1. The molecule has 0 spiro atoms. The molecule has 1 aromatic heterocycles. The van der Waals surface area contributed by atoms with Crippen molar-refractivity contribution in [3.05, 3.63) is 52.3 Å². The first-order chi connectivity index (χ1) is 10.0. The number of carbonyl (C=O) groups is 2. The third-order valence-corrected chi connectivity index (χ3v) is 3.17. The first-order valence-corrected chi connectivity index (χ1v) is 6.67. The average Bonchev–Trinajstić information content (AvgIpc) is 2.90. The van der Waals surface area contributed by atoms with Crippen molar-refractivity contribution in [3.63, 3.8) is 0 Å². The van der Waals surface area contributed by atoms with Gasteiger partial charge in [0.15, 0.2) is 0 Å². The predicted octanol–water partition coefficient (Wildman–Crippen LogP) is 1.86. The number of carbonyl (C=O) groups excluding carboxylic acids is 2. The van der Waals surface area contributed by atoms with Gasteiger partial charge in [-0.25, -0.2) is 4.79 Å². The van der Waals surface area contributed by atoms with Crippen LogP contribution in [0.1, 0.15) is 33.2 Å². The van der Waals surface area contributed by atoms with Crippen LogP contribution in [0.25, 0.3) is 0 Å². The van der Waals surface area contributed by atoms with Gasteiger partial charge in [0.05, 0.1) is 24.9 Å². The molecule has 110 valence electrons. The standard InChI is InChI=1S/C14H14ClN3O3/c1-2-21-14(20)11-6-17-18(8-11)7-10-4-3-9(13(16)19)5-12(10)15/h3-6,8H,2,7H2,1H3,(H2,16,19). The summed E-state index contributed by atoms with van der Waals surface area (Å²) in [6.45, 7) is 2.42. The van der Waals surface area contributed by atoms with Gasteiger partial charge < -0.3 is 10.5 Å². The Balaban J connectivity index is 2.15. The van der Waals surface area contributed by atoms with Crippen LogP contribution in [0.2, 0.25) is 5.02 Å². The second-order valence-corrected chi connectivity index (χ2v) is 4.72. The minimum absolute atomic E-state index is 0.310. The lowest BCUT2D eigenvalue weighted by Crippen LogP contribution is -2.11. The van der Waals surface area contributed by atoms with Gasteiger partial charge in [0.25, 0.3) is 0 Å². The van der Waals surface area contributed by atoms with Crippen LogP contribution in [0.4, 0.5) is 0 Å². The third kappa shape index (κ3) is 3.61. The molecule has 0 fully saturated rings. The number of esters is 1. The number of rotatable bonds is 5. The zero-order valence-corrected chi connectivity index (χ0v) is 12.1. The van der Waals surface area contributed by atoms with E-state index in [1.807, 2.05) is 0 Å². The molecule has 0 unspecified atom stereocenters. The Labute approximate surface area is 126 Å². The lowest BCUT2D eigenvalue weighted by Gasteiger charge is -2.06. The van der Waals surface area contributed by atoms with Crippen molar-refractivity contribution >= 4 is 23.5 Å². The van der Waals surface area contributed by atoms with E-state index in [0.29, 0.717) is 29.3 Å². The topological polar surface area (TPSA) is 87.2 Å². The number of nitrogens with zero attached hydrogens (tertiary/aromatic N) is 2. The fourth-order valence-electron chi connectivity index (χ4n) is 1.77. The van der Waals surface area contributed by atoms with Crippen molar-refractivity contribution < 1.29 is 14.3 Å². The van der Waals surface area contributed by atoms with E-state index in [1.54, 1.807) is 29.9 Å². The number of benzene rings is 1. The van der Waals surface area contributed by atoms with Crippen LogP contribution in [0.5, 0.6) is 0 Å². The molecule has 0 atom stereocenters. The fraction of sp³-hybridized carbons (Fsp3) is 0.214. The largest absolute Gasteiger partial charge is 0.462 e. The van der Waals surface area contributed by atoms with Crippen molar-refractivity contribution in [1.29, 1.82) is 0 Å². The molecule has 0 saturated carbocycles. The molecule has 21 heavy (non-hydrogen) atoms. The number of ether oxygens (including phenoxy) is 1. The second-order valence-electron chi connectivity index (χ2n) is 4.32. The molecule has 7 heteroatoms. The molecule has 0 aliphatic carbocycles. The van der Waals surface area contributed by atoms with Crippen LogP contribution in [0, 0.1) is 0 Å². The first kappa shape index (κ1) is 15.1. The van der Waals surface area contributed by atoms with E-state index in [-0.39, 0.29) is 0 Å². The van der Waals surface area contributed by atoms with Crippen LogP contribution >= 0.6 is 11.6 Å². The maximum Gasteiger partial charge on any atom is 0.341 e. The summed E-state index contributed by atoms with van der Waals surface area (Å²) in [7, 11) is 0. The van der Waals surface area contributed by atoms with E-state index in [0.717, 1.165) is 5.56 Å². The molecule has 0 bridgehead atoms. The van der Waals surface area contributed by atoms with Gasteiger partial charge in [0, 0.05) is 16.8 Å². The number of nitrogens with two attached hydrogens (primary N) is 1. The summed E-state index contributed by atoms with van der Waals surface area (Å²) in [6, 6.07) is 4.81. The summed E-state index contributed by atoms with van der Waals surface area (Å²) >= 11 is 6.10. The van der Waals surface area contributed by atoms with Crippen molar-refractivity contribution in [3.8, 4) is 0 Å². The molecule has 0 saturated heterocycles. The highest BCUT2D eigenvalue weighted by atomic mass is 35.5. The van der Waals surface area contributed by atoms with Gasteiger partial charge in [0.2, 0.25) is 5.91 Å². The summed E-state index contributed by atoms with van der Waals surface area (Å²) in [5.74, 6) is -0.953. The quantitative estimate of drug-likeness (QED) is 0.854. The van der Waals surface area contributed by atoms with Gasteiger partial charge in [-0.3, -0.25) is 9.48 Å². The van der Waals surface area contributed by atoms with Crippen molar-refractivity contribution in [1.82, 2.24) is 9.78 Å². The normalized spacial score (nSPS) is 10.4. The lowest BCUT2D eigenvalue weighted by molar-refractivity contribution is 0.0526. The van der Waals surface area contributed by atoms with E-state index >= 15 is 0 Å². The molecule has 1 aromatic carbocycles. The zero-order valence-electron chi connectivity index (χ0n) is 11.4. The highest BCUT2D eigenvalue weighted by Gasteiger charge is 2.11. The molecule has 0 radical (unpaired) electrons. The van der Waals surface area contributed by atoms with Gasteiger partial charge in [-0.15, -0.1) is 0 Å². The highest BCUT2D eigenvalue weighted by Crippen LogP contribution is 2.19. The molecule has 1 heterocycles. The van der Waals surface area contributed by atoms with Gasteiger partial charge in [-0.1, -0.05) is 17.7 Å². The minimum Gasteiger partial charge on any atom is -0.462 e. The van der Waals surface area contributed by atoms with Gasteiger partial charge in [-0.2, -0.15) is 5.10 Å². The number of aromatic nitrogens is 2. The monoisotopic (exact) mass is 307 g/mol. The number of hydrogen-bond donors (Lipinski definition) is 1. The minimum atomic E-state index is -0.535. The Hall–Kier alpha value is -2.34. The van der Waals surface area contributed by atoms with E-state index in [2.05, 4.69) is 5.10 Å². The van der Waals surface area contributed by atoms with E-state index < -0.39 is 11.9 Å². The Bertz CT molecular complexity index is 682. The van der Waals surface area contributed by atoms with Crippen LogP contribution in [-0.2, 0) is 11.3 Å². The number of hydrogen-bond acceptors (Lipinski definition) is 4. The Morgan fingerprint density at radius 2 is 2.14 bits per heavy atom. The van der Waals surface area contributed by atoms with Crippen molar-refractivity contribution in [2.24, 2.45) is 5.73 Å². The molecule has 0 aliphatic rings. The maximum atomic E-state index is 11.5. The predicted molar refractivity (Wildman–Crippen MR) is 77.3 cm³/mol. The average molecular weight is 308 g/mol. The summed E-state index contributed by atoms with van der Waals surface area (Å²) in [4.78, 5) is 22.6. The lowest BCUT2D eigenvalue weighted by atomic mass is 10.1. The molecular weight excluding hydrogens is 294 g/mol. The summed E-state index contributed by atoms with van der Waals surface area (Å²) in [6.07, 6.45) is 3.01. The van der Waals surface area contributed by atoms with Crippen LogP contribution < -0.4 is 5.73 Å². The fourth-order valence-corrected chi connectivity index (χ4v) is 2.01. The smallest absolute Gasteiger partial charge is 0.341 e. The SMILES string of the molecule is CCOC(=O)c1cnn(Cc2ccc(C(N)=O)cc2Cl)c1. The van der Waals surface area contributed by atoms with Crippen LogP contribution in [0.3, 0.4) is 0 Å². The van der Waals surface area contributed by atoms with E-state index in [4.69, 9.17) is 22.1 Å². The molecule has 2 rings (SSSR count). The molecule has 2 N–H and O–H groups in total.